The summed E-state index contributed by atoms with van der Waals surface area (Å²) >= 11 is 0. The monoisotopic (exact) mass is 320 g/mol. The molecule has 0 radical (unpaired) electrons. The van der Waals surface area contributed by atoms with E-state index in [0.717, 1.165) is 11.1 Å². The largest absolute Gasteiger partial charge is 0.491 e. The number of ether oxygens (including phenoxy) is 3. The lowest BCUT2D eigenvalue weighted by Gasteiger charge is -2.35. The van der Waals surface area contributed by atoms with Crippen molar-refractivity contribution < 1.29 is 28.6 Å². The van der Waals surface area contributed by atoms with Gasteiger partial charge in [0.2, 0.25) is 0 Å². The number of fused-ring (bicyclic) bond motifs is 1. The van der Waals surface area contributed by atoms with E-state index >= 15 is 0 Å². The van der Waals surface area contributed by atoms with E-state index in [4.69, 9.17) is 14.2 Å². The lowest BCUT2D eigenvalue weighted by atomic mass is 9.79. The molecule has 0 fully saturated rings. The van der Waals surface area contributed by atoms with Gasteiger partial charge in [0.05, 0.1) is 5.56 Å². The fourth-order valence-electron chi connectivity index (χ4n) is 2.61. The first-order chi connectivity index (χ1) is 10.7. The first-order valence-electron chi connectivity index (χ1n) is 7.31. The van der Waals surface area contributed by atoms with Crippen LogP contribution in [0.5, 0.6) is 5.75 Å². The second-order valence-corrected chi connectivity index (χ2v) is 5.92. The SMILES string of the molecule is CC(=O)OCC1(COC(C)=O)COc2c(C)cc(C)cc2C1=O. The fourth-order valence-corrected chi connectivity index (χ4v) is 2.61. The predicted octanol–water partition coefficient (Wildman–Crippen LogP) is 1.99. The maximum absolute atomic E-state index is 13.0. The van der Waals surface area contributed by atoms with E-state index in [9.17, 15) is 14.4 Å². The van der Waals surface area contributed by atoms with E-state index in [-0.39, 0.29) is 25.6 Å². The highest BCUT2D eigenvalue weighted by atomic mass is 16.6. The number of hydrogen-bond acceptors (Lipinski definition) is 6. The van der Waals surface area contributed by atoms with Crippen molar-refractivity contribution >= 4 is 17.7 Å². The van der Waals surface area contributed by atoms with Gasteiger partial charge in [0, 0.05) is 13.8 Å². The van der Waals surface area contributed by atoms with Gasteiger partial charge >= 0.3 is 11.9 Å². The van der Waals surface area contributed by atoms with E-state index < -0.39 is 17.4 Å². The van der Waals surface area contributed by atoms with Gasteiger partial charge in [-0.3, -0.25) is 14.4 Å². The summed E-state index contributed by atoms with van der Waals surface area (Å²) < 4.78 is 15.8. The zero-order chi connectivity index (χ0) is 17.2. The fraction of sp³-hybridized carbons (Fsp3) is 0.471. The Morgan fingerprint density at radius 2 is 1.70 bits per heavy atom. The van der Waals surface area contributed by atoms with Crippen molar-refractivity contribution in [3.8, 4) is 5.75 Å². The van der Waals surface area contributed by atoms with Gasteiger partial charge in [-0.2, -0.15) is 0 Å². The molecule has 0 amide bonds. The molecule has 1 aliphatic heterocycles. The average molecular weight is 320 g/mol. The summed E-state index contributed by atoms with van der Waals surface area (Å²) in [6.07, 6.45) is 0. The first kappa shape index (κ1) is 17.0. The maximum Gasteiger partial charge on any atom is 0.302 e. The molecule has 1 aliphatic rings. The molecule has 6 nitrogen and oxygen atoms in total. The van der Waals surface area contributed by atoms with Gasteiger partial charge in [0.25, 0.3) is 0 Å². The summed E-state index contributed by atoms with van der Waals surface area (Å²) in [6.45, 7) is 5.87. The van der Waals surface area contributed by atoms with E-state index in [0.29, 0.717) is 11.3 Å². The number of benzene rings is 1. The van der Waals surface area contributed by atoms with Crippen LogP contribution in [0.1, 0.15) is 35.3 Å². The first-order valence-corrected chi connectivity index (χ1v) is 7.31. The quantitative estimate of drug-likeness (QED) is 0.790. The number of esters is 2. The Labute approximate surface area is 134 Å². The molecule has 6 heteroatoms. The molecule has 0 atom stereocenters. The van der Waals surface area contributed by atoms with Gasteiger partial charge in [-0.1, -0.05) is 6.07 Å². The Balaban J connectivity index is 2.40. The molecule has 1 aromatic carbocycles. The number of Topliss-reactive ketones (excluding diaryl/α,β-unsaturated/α-hetero) is 1. The molecule has 0 N–H and O–H groups in total. The van der Waals surface area contributed by atoms with Crippen molar-refractivity contribution in [1.29, 1.82) is 0 Å². The van der Waals surface area contributed by atoms with Crippen molar-refractivity contribution in [2.45, 2.75) is 27.7 Å². The molecule has 1 heterocycles. The van der Waals surface area contributed by atoms with E-state index in [1.165, 1.54) is 13.8 Å². The zero-order valence-corrected chi connectivity index (χ0v) is 13.7. The van der Waals surface area contributed by atoms with Crippen molar-refractivity contribution in [2.24, 2.45) is 5.41 Å². The number of carbonyl (C=O) groups is 3. The highest BCUT2D eigenvalue weighted by Crippen LogP contribution is 2.38. The molecule has 0 aliphatic carbocycles. The summed E-state index contributed by atoms with van der Waals surface area (Å²) in [6, 6.07) is 3.66. The van der Waals surface area contributed by atoms with E-state index in [2.05, 4.69) is 0 Å². The number of carbonyl (C=O) groups excluding carboxylic acids is 3. The Morgan fingerprint density at radius 1 is 1.13 bits per heavy atom. The molecule has 0 bridgehead atoms. The molecule has 0 saturated heterocycles. The van der Waals surface area contributed by atoms with Crippen LogP contribution >= 0.6 is 0 Å². The molecule has 2 rings (SSSR count). The summed E-state index contributed by atoms with van der Waals surface area (Å²) in [5, 5.41) is 0. The van der Waals surface area contributed by atoms with Gasteiger partial charge in [-0.15, -0.1) is 0 Å². The molecule has 0 spiro atoms. The molecular weight excluding hydrogens is 300 g/mol. The number of rotatable bonds is 4. The minimum atomic E-state index is -1.22. The molecule has 0 saturated carbocycles. The number of hydrogen-bond donors (Lipinski definition) is 0. The summed E-state index contributed by atoms with van der Waals surface area (Å²) in [5.74, 6) is -0.729. The Bertz CT molecular complexity index is 643. The van der Waals surface area contributed by atoms with Crippen LogP contribution in [-0.2, 0) is 19.1 Å². The molecule has 1 aromatic rings. The normalized spacial score (nSPS) is 15.4. The Kier molecular flexibility index (Phi) is 4.73. The predicted molar refractivity (Wildman–Crippen MR) is 81.4 cm³/mol. The second kappa shape index (κ2) is 6.40. The van der Waals surface area contributed by atoms with E-state index in [1.807, 2.05) is 19.9 Å². The van der Waals surface area contributed by atoms with Crippen LogP contribution in [-0.4, -0.2) is 37.5 Å². The van der Waals surface area contributed by atoms with Crippen LogP contribution in [0.2, 0.25) is 0 Å². The van der Waals surface area contributed by atoms with Gasteiger partial charge < -0.3 is 14.2 Å². The standard InChI is InChI=1S/C17H20O6/c1-10-5-11(2)15-14(6-10)16(20)17(9-23-15,7-21-12(3)18)8-22-13(4)19/h5-6H,7-9H2,1-4H3. The highest BCUT2D eigenvalue weighted by molar-refractivity contribution is 6.04. The van der Waals surface area contributed by atoms with Gasteiger partial charge in [-0.05, 0) is 31.0 Å². The molecular formula is C17H20O6. The highest BCUT2D eigenvalue weighted by Gasteiger charge is 2.47. The minimum Gasteiger partial charge on any atom is -0.491 e. The van der Waals surface area contributed by atoms with Crippen molar-refractivity contribution in [3.63, 3.8) is 0 Å². The molecule has 23 heavy (non-hydrogen) atoms. The topological polar surface area (TPSA) is 78.9 Å². The third-order valence-corrected chi connectivity index (χ3v) is 3.74. The lowest BCUT2D eigenvalue weighted by Crippen LogP contribution is -2.49. The summed E-state index contributed by atoms with van der Waals surface area (Å²) in [4.78, 5) is 35.3. The van der Waals surface area contributed by atoms with Crippen LogP contribution in [0.4, 0.5) is 0 Å². The van der Waals surface area contributed by atoms with Crippen molar-refractivity contribution in [2.75, 3.05) is 19.8 Å². The van der Waals surface area contributed by atoms with Crippen molar-refractivity contribution in [3.05, 3.63) is 28.8 Å². The van der Waals surface area contributed by atoms with Crippen LogP contribution < -0.4 is 4.74 Å². The Hall–Kier alpha value is -2.37. The van der Waals surface area contributed by atoms with Crippen molar-refractivity contribution in [1.82, 2.24) is 0 Å². The third kappa shape index (κ3) is 3.52. The van der Waals surface area contributed by atoms with E-state index in [1.54, 1.807) is 6.07 Å². The molecule has 0 aromatic heterocycles. The van der Waals surface area contributed by atoms with Gasteiger partial charge in [0.15, 0.2) is 5.78 Å². The number of aryl methyl sites for hydroxylation is 2. The number of ketones is 1. The van der Waals surface area contributed by atoms with Crippen LogP contribution in [0.25, 0.3) is 0 Å². The Morgan fingerprint density at radius 3 is 2.22 bits per heavy atom. The summed E-state index contributed by atoms with van der Waals surface area (Å²) in [7, 11) is 0. The van der Waals surface area contributed by atoms with Crippen LogP contribution in [0.3, 0.4) is 0 Å². The van der Waals surface area contributed by atoms with Gasteiger partial charge in [-0.25, -0.2) is 0 Å². The second-order valence-electron chi connectivity index (χ2n) is 5.92. The van der Waals surface area contributed by atoms with Crippen LogP contribution in [0.15, 0.2) is 12.1 Å². The molecule has 124 valence electrons. The maximum atomic E-state index is 13.0. The van der Waals surface area contributed by atoms with Gasteiger partial charge in [0.1, 0.15) is 31.0 Å². The minimum absolute atomic E-state index is 0.0106. The smallest absolute Gasteiger partial charge is 0.302 e. The summed E-state index contributed by atoms with van der Waals surface area (Å²) in [5.41, 5.74) is 0.994. The zero-order valence-electron chi connectivity index (χ0n) is 13.7. The molecule has 0 unspecified atom stereocenters. The lowest BCUT2D eigenvalue weighted by molar-refractivity contribution is -0.150. The third-order valence-electron chi connectivity index (χ3n) is 3.74. The van der Waals surface area contributed by atoms with Crippen LogP contribution in [0, 0.1) is 19.3 Å². The average Bonchev–Trinajstić information content (AvgIpc) is 2.46.